The molecule has 7 heteroatoms. The van der Waals surface area contributed by atoms with Crippen LogP contribution in [0.2, 0.25) is 0 Å². The number of rotatable bonds is 6. The fourth-order valence-corrected chi connectivity index (χ4v) is 5.98. The molecule has 0 spiro atoms. The molecule has 2 aromatic heterocycles. The van der Waals surface area contributed by atoms with Gasteiger partial charge in [-0.25, -0.2) is 4.98 Å². The Morgan fingerprint density at radius 2 is 2.07 bits per heavy atom. The van der Waals surface area contributed by atoms with Crippen LogP contribution in [0.1, 0.15) is 34.1 Å². The maximum Gasteiger partial charge on any atom is 0.263 e. The molecule has 1 amide bonds. The average Bonchev–Trinajstić information content (AvgIpc) is 3.07. The molecule has 0 bridgehead atoms. The van der Waals surface area contributed by atoms with Gasteiger partial charge in [-0.05, 0) is 36.8 Å². The summed E-state index contributed by atoms with van der Waals surface area (Å²) in [6, 6.07) is 9.35. The van der Waals surface area contributed by atoms with E-state index in [4.69, 9.17) is 10.7 Å². The van der Waals surface area contributed by atoms with Crippen molar-refractivity contribution in [2.45, 2.75) is 42.6 Å². The molecule has 2 N–H and O–H groups in total. The number of thioether (sulfide) groups is 1. The number of thiophene rings is 1. The van der Waals surface area contributed by atoms with E-state index in [1.807, 2.05) is 30.3 Å². The summed E-state index contributed by atoms with van der Waals surface area (Å²) in [6.07, 6.45) is 5.88. The molecule has 0 saturated carbocycles. The third-order valence-electron chi connectivity index (χ3n) is 4.94. The fraction of sp³-hybridized carbons (Fsp3) is 0.286. The number of carbonyl (C=O) groups is 1. The zero-order valence-electron chi connectivity index (χ0n) is 15.4. The van der Waals surface area contributed by atoms with Gasteiger partial charge in [-0.15, -0.1) is 17.9 Å². The van der Waals surface area contributed by atoms with Gasteiger partial charge in [-0.2, -0.15) is 0 Å². The zero-order chi connectivity index (χ0) is 19.7. The first-order chi connectivity index (χ1) is 13.6. The number of fused-ring (bicyclic) bond motifs is 3. The number of amides is 1. The Balaban J connectivity index is 1.85. The average molecular weight is 412 g/mol. The summed E-state index contributed by atoms with van der Waals surface area (Å²) in [7, 11) is 0. The van der Waals surface area contributed by atoms with Crippen molar-refractivity contribution < 1.29 is 4.79 Å². The van der Waals surface area contributed by atoms with Crippen LogP contribution in [0.5, 0.6) is 0 Å². The number of aryl methyl sites for hydroxylation is 2. The van der Waals surface area contributed by atoms with Crippen LogP contribution in [0.15, 0.2) is 52.9 Å². The second kappa shape index (κ2) is 7.93. The summed E-state index contributed by atoms with van der Waals surface area (Å²) < 4.78 is 1.61. The van der Waals surface area contributed by atoms with Crippen LogP contribution in [0, 0.1) is 0 Å². The van der Waals surface area contributed by atoms with E-state index >= 15 is 0 Å². The SMILES string of the molecule is C=CCn1c(SC(C(N)=O)c2ccccc2)nc2sc3c(c2c1=O)CCCC3. The number of nitrogens with two attached hydrogens (primary N) is 1. The third-order valence-corrected chi connectivity index (χ3v) is 7.38. The van der Waals surface area contributed by atoms with Gasteiger partial charge in [0.25, 0.3) is 5.56 Å². The van der Waals surface area contributed by atoms with E-state index < -0.39 is 11.2 Å². The van der Waals surface area contributed by atoms with Gasteiger partial charge in [0, 0.05) is 11.4 Å². The number of benzene rings is 1. The summed E-state index contributed by atoms with van der Waals surface area (Å²) in [5, 5.41) is 0.626. The summed E-state index contributed by atoms with van der Waals surface area (Å²) in [4.78, 5) is 32.3. The third kappa shape index (κ3) is 3.40. The van der Waals surface area contributed by atoms with Gasteiger partial charge in [0.2, 0.25) is 5.91 Å². The highest BCUT2D eigenvalue weighted by Crippen LogP contribution is 2.38. The number of nitrogens with zero attached hydrogens (tertiary/aromatic N) is 2. The maximum absolute atomic E-state index is 13.3. The van der Waals surface area contributed by atoms with Gasteiger partial charge >= 0.3 is 0 Å². The fourth-order valence-electron chi connectivity index (χ4n) is 3.62. The molecular formula is C21H21N3O2S2. The molecule has 2 heterocycles. The minimum Gasteiger partial charge on any atom is -0.368 e. The van der Waals surface area contributed by atoms with Gasteiger partial charge in [-0.1, -0.05) is 48.2 Å². The van der Waals surface area contributed by atoms with Crippen molar-refractivity contribution in [3.8, 4) is 0 Å². The molecule has 28 heavy (non-hydrogen) atoms. The molecular weight excluding hydrogens is 390 g/mol. The molecule has 1 aromatic carbocycles. The highest BCUT2D eigenvalue weighted by atomic mass is 32.2. The van der Waals surface area contributed by atoms with Crippen molar-refractivity contribution in [3.63, 3.8) is 0 Å². The Morgan fingerprint density at radius 1 is 1.32 bits per heavy atom. The van der Waals surface area contributed by atoms with Crippen LogP contribution in [0.4, 0.5) is 0 Å². The predicted octanol–water partition coefficient (Wildman–Crippen LogP) is 3.84. The molecule has 5 nitrogen and oxygen atoms in total. The Labute approximate surface area is 171 Å². The zero-order valence-corrected chi connectivity index (χ0v) is 17.0. The van der Waals surface area contributed by atoms with Crippen LogP contribution in [-0.4, -0.2) is 15.5 Å². The number of primary amides is 1. The van der Waals surface area contributed by atoms with E-state index in [1.54, 1.807) is 22.0 Å². The van der Waals surface area contributed by atoms with Gasteiger partial charge in [-0.3, -0.25) is 14.2 Å². The normalized spacial score (nSPS) is 14.6. The molecule has 4 rings (SSSR count). The topological polar surface area (TPSA) is 78.0 Å². The number of hydrogen-bond acceptors (Lipinski definition) is 5. The first-order valence-corrected chi connectivity index (χ1v) is 11.0. The van der Waals surface area contributed by atoms with E-state index in [0.717, 1.165) is 47.0 Å². The largest absolute Gasteiger partial charge is 0.368 e. The molecule has 0 radical (unpaired) electrons. The predicted molar refractivity (Wildman–Crippen MR) is 115 cm³/mol. The lowest BCUT2D eigenvalue weighted by Gasteiger charge is -2.16. The molecule has 1 aliphatic rings. The van der Waals surface area contributed by atoms with Crippen molar-refractivity contribution in [3.05, 3.63) is 69.3 Å². The summed E-state index contributed by atoms with van der Waals surface area (Å²) in [6.45, 7) is 4.12. The van der Waals surface area contributed by atoms with E-state index in [-0.39, 0.29) is 5.56 Å². The second-order valence-corrected chi connectivity index (χ2v) is 8.96. The number of carbonyl (C=O) groups excluding carboxylic acids is 1. The second-order valence-electron chi connectivity index (χ2n) is 6.80. The van der Waals surface area contributed by atoms with Gasteiger partial charge in [0.1, 0.15) is 10.1 Å². The first kappa shape index (κ1) is 19.0. The molecule has 0 fully saturated rings. The first-order valence-electron chi connectivity index (χ1n) is 9.27. The molecule has 0 saturated heterocycles. The van der Waals surface area contributed by atoms with Crippen LogP contribution in [0.25, 0.3) is 10.2 Å². The molecule has 1 aliphatic carbocycles. The highest BCUT2D eigenvalue weighted by Gasteiger charge is 2.25. The molecule has 1 atom stereocenters. The lowest BCUT2D eigenvalue weighted by Crippen LogP contribution is -2.25. The van der Waals surface area contributed by atoms with Crippen LogP contribution < -0.4 is 11.3 Å². The van der Waals surface area contributed by atoms with Crippen molar-refractivity contribution in [1.82, 2.24) is 9.55 Å². The quantitative estimate of drug-likeness (QED) is 0.380. The summed E-state index contributed by atoms with van der Waals surface area (Å²) in [5.74, 6) is -0.457. The van der Waals surface area contributed by atoms with Crippen molar-refractivity contribution >= 4 is 39.2 Å². The number of aromatic nitrogens is 2. The summed E-state index contributed by atoms with van der Waals surface area (Å²) >= 11 is 2.83. The van der Waals surface area contributed by atoms with Gasteiger partial charge in [0.15, 0.2) is 5.16 Å². The van der Waals surface area contributed by atoms with Gasteiger partial charge in [0.05, 0.1) is 5.39 Å². The lowest BCUT2D eigenvalue weighted by molar-refractivity contribution is -0.117. The smallest absolute Gasteiger partial charge is 0.263 e. The Hall–Kier alpha value is -2.38. The molecule has 1 unspecified atom stereocenters. The maximum atomic E-state index is 13.3. The van der Waals surface area contributed by atoms with Crippen molar-refractivity contribution in [2.75, 3.05) is 0 Å². The van der Waals surface area contributed by atoms with Crippen molar-refractivity contribution in [2.24, 2.45) is 5.73 Å². The molecule has 3 aromatic rings. The van der Waals surface area contributed by atoms with Gasteiger partial charge < -0.3 is 5.73 Å². The lowest BCUT2D eigenvalue weighted by atomic mass is 9.97. The van der Waals surface area contributed by atoms with Crippen LogP contribution in [-0.2, 0) is 24.2 Å². The van der Waals surface area contributed by atoms with Crippen molar-refractivity contribution in [1.29, 1.82) is 0 Å². The number of allylic oxidation sites excluding steroid dienone is 1. The Morgan fingerprint density at radius 3 is 2.79 bits per heavy atom. The van der Waals surface area contributed by atoms with Crippen LogP contribution >= 0.6 is 23.1 Å². The number of hydrogen-bond donors (Lipinski definition) is 1. The van der Waals surface area contributed by atoms with Crippen LogP contribution in [0.3, 0.4) is 0 Å². The minimum atomic E-state index is -0.615. The van der Waals surface area contributed by atoms with E-state index in [1.165, 1.54) is 16.6 Å². The Bertz CT molecular complexity index is 1100. The summed E-state index contributed by atoms with van der Waals surface area (Å²) in [5.41, 5.74) is 7.58. The highest BCUT2D eigenvalue weighted by molar-refractivity contribution is 8.00. The van der Waals surface area contributed by atoms with E-state index in [9.17, 15) is 9.59 Å². The van der Waals surface area contributed by atoms with E-state index in [2.05, 4.69) is 6.58 Å². The minimum absolute atomic E-state index is 0.0527. The molecule has 144 valence electrons. The standard InChI is InChI=1S/C21H21N3O2S2/c1-2-12-24-20(26)16-14-10-6-7-11-15(14)27-19(16)23-21(24)28-17(18(22)25)13-8-4-3-5-9-13/h2-5,8-9,17H,1,6-7,10-12H2,(H2,22,25). The molecule has 0 aliphatic heterocycles. The van der Waals surface area contributed by atoms with E-state index in [0.29, 0.717) is 11.7 Å². The Kier molecular flexibility index (Phi) is 5.37. The monoisotopic (exact) mass is 411 g/mol.